The topological polar surface area (TPSA) is 32.7 Å². The first-order chi connectivity index (χ1) is 14.5. The van der Waals surface area contributed by atoms with Crippen molar-refractivity contribution in [2.24, 2.45) is 23.2 Å². The van der Waals surface area contributed by atoms with Crippen molar-refractivity contribution in [3.05, 3.63) is 41.0 Å². The molecule has 3 nitrogen and oxygen atoms in total. The summed E-state index contributed by atoms with van der Waals surface area (Å²) in [6, 6.07) is 6.13. The summed E-state index contributed by atoms with van der Waals surface area (Å²) in [6.45, 7) is 14.3. The lowest BCUT2D eigenvalue weighted by Crippen LogP contribution is -2.43. The molecule has 166 valence electrons. The van der Waals surface area contributed by atoms with Crippen LogP contribution < -0.4 is 0 Å². The Morgan fingerprint density at radius 2 is 2.03 bits per heavy atom. The van der Waals surface area contributed by atoms with Crippen molar-refractivity contribution in [3.8, 4) is 5.75 Å². The molecule has 1 aromatic rings. The lowest BCUT2D eigenvalue weighted by molar-refractivity contribution is 0.0483. The second-order valence-corrected chi connectivity index (χ2v) is 10.2. The summed E-state index contributed by atoms with van der Waals surface area (Å²) in [5, 5.41) is 9.95. The highest BCUT2D eigenvalue weighted by molar-refractivity contribution is 5.41. The number of likely N-dealkylation sites (N-methyl/N-ethyl adjacent to an activating group) is 1. The maximum Gasteiger partial charge on any atom is 0.115 e. The van der Waals surface area contributed by atoms with Gasteiger partial charge in [0, 0.05) is 6.54 Å². The summed E-state index contributed by atoms with van der Waals surface area (Å²) in [7, 11) is 0. The number of ether oxygens (including phenoxy) is 1. The fourth-order valence-electron chi connectivity index (χ4n) is 7.13. The van der Waals surface area contributed by atoms with Crippen molar-refractivity contribution in [2.45, 2.75) is 65.7 Å². The van der Waals surface area contributed by atoms with Crippen LogP contribution in [0.15, 0.2) is 29.8 Å². The molecule has 0 aliphatic heterocycles. The van der Waals surface area contributed by atoms with E-state index in [0.29, 0.717) is 23.0 Å². The molecule has 0 aromatic heterocycles. The third-order valence-electron chi connectivity index (χ3n) is 8.80. The molecule has 3 aliphatic carbocycles. The normalized spacial score (nSPS) is 34.1. The number of aromatic hydroxyl groups is 1. The number of fused-ring (bicyclic) bond motifs is 5. The van der Waals surface area contributed by atoms with Gasteiger partial charge < -0.3 is 14.7 Å². The van der Waals surface area contributed by atoms with E-state index in [1.807, 2.05) is 12.1 Å². The second kappa shape index (κ2) is 9.04. The van der Waals surface area contributed by atoms with Crippen LogP contribution in [-0.4, -0.2) is 42.9 Å². The molecule has 0 amide bonds. The predicted octanol–water partition coefficient (Wildman–Crippen LogP) is 5.78. The molecule has 3 aliphatic rings. The summed E-state index contributed by atoms with van der Waals surface area (Å²) in [5.41, 5.74) is 4.93. The number of allylic oxidation sites excluding steroid dienone is 1. The number of hydrogen-bond donors (Lipinski definition) is 1. The van der Waals surface area contributed by atoms with Crippen LogP contribution in [0, 0.1) is 23.2 Å². The summed E-state index contributed by atoms with van der Waals surface area (Å²) >= 11 is 0. The predicted molar refractivity (Wildman–Crippen MR) is 124 cm³/mol. The smallest absolute Gasteiger partial charge is 0.115 e. The average molecular weight is 412 g/mol. The zero-order valence-corrected chi connectivity index (χ0v) is 19.5. The molecule has 30 heavy (non-hydrogen) atoms. The largest absolute Gasteiger partial charge is 0.508 e. The van der Waals surface area contributed by atoms with Crippen molar-refractivity contribution < 1.29 is 9.84 Å². The van der Waals surface area contributed by atoms with E-state index < -0.39 is 0 Å². The summed E-state index contributed by atoms with van der Waals surface area (Å²) in [6.07, 6.45) is 8.70. The molecule has 3 heteroatoms. The maximum atomic E-state index is 9.95. The molecule has 2 saturated carbocycles. The Kier molecular flexibility index (Phi) is 6.60. The second-order valence-electron chi connectivity index (χ2n) is 10.2. The Morgan fingerprint density at radius 3 is 2.80 bits per heavy atom. The molecule has 1 aromatic carbocycles. The van der Waals surface area contributed by atoms with E-state index >= 15 is 0 Å². The molecule has 5 unspecified atom stereocenters. The van der Waals surface area contributed by atoms with E-state index in [4.69, 9.17) is 4.74 Å². The van der Waals surface area contributed by atoms with Crippen molar-refractivity contribution >= 4 is 0 Å². The van der Waals surface area contributed by atoms with Crippen molar-refractivity contribution in [1.82, 2.24) is 4.90 Å². The van der Waals surface area contributed by atoms with Gasteiger partial charge in [-0.15, -0.1) is 0 Å². The molecule has 0 bridgehead atoms. The highest BCUT2D eigenvalue weighted by Crippen LogP contribution is 2.63. The average Bonchev–Trinajstić information content (AvgIpc) is 3.06. The van der Waals surface area contributed by atoms with Gasteiger partial charge in [0.25, 0.3) is 0 Å². The minimum Gasteiger partial charge on any atom is -0.508 e. The van der Waals surface area contributed by atoms with Gasteiger partial charge in [-0.25, -0.2) is 0 Å². The van der Waals surface area contributed by atoms with E-state index in [1.165, 1.54) is 36.8 Å². The molecule has 0 radical (unpaired) electrons. The van der Waals surface area contributed by atoms with Crippen molar-refractivity contribution in [2.75, 3.05) is 32.8 Å². The Hall–Kier alpha value is -1.32. The van der Waals surface area contributed by atoms with E-state index in [1.54, 1.807) is 5.57 Å². The van der Waals surface area contributed by atoms with Gasteiger partial charge in [-0.1, -0.05) is 45.4 Å². The van der Waals surface area contributed by atoms with Gasteiger partial charge in [-0.2, -0.15) is 0 Å². The summed E-state index contributed by atoms with van der Waals surface area (Å²) < 4.78 is 6.00. The standard InChI is InChI=1S/C27H41NO2/c1-5-28(6-2)14-16-30-15-12-21-7-10-25-26-19(3)17-20-18-22(29)8-9-23(20)24(26)11-13-27(21,25)4/h8-9,12,18-19,24-26,29H,5-7,10-11,13-17H2,1-4H3/b21-12+. The molecule has 4 rings (SSSR count). The van der Waals surface area contributed by atoms with Crippen LogP contribution in [0.25, 0.3) is 0 Å². The summed E-state index contributed by atoms with van der Waals surface area (Å²) in [5.74, 6) is 3.35. The lowest BCUT2D eigenvalue weighted by atomic mass is 9.52. The first kappa shape index (κ1) is 21.9. The Bertz CT molecular complexity index is 768. The van der Waals surface area contributed by atoms with Gasteiger partial charge in [0.15, 0.2) is 0 Å². The molecular weight excluding hydrogens is 370 g/mol. The molecule has 5 atom stereocenters. The number of phenolic OH excluding ortho intramolecular Hbond substituents is 1. The number of phenols is 1. The van der Waals surface area contributed by atoms with Crippen LogP contribution in [0.3, 0.4) is 0 Å². The van der Waals surface area contributed by atoms with Gasteiger partial charge >= 0.3 is 0 Å². The first-order valence-electron chi connectivity index (χ1n) is 12.3. The molecule has 1 N–H and O–H groups in total. The van der Waals surface area contributed by atoms with E-state index in [-0.39, 0.29) is 0 Å². The number of nitrogens with zero attached hydrogens (tertiary/aromatic N) is 1. The van der Waals surface area contributed by atoms with E-state index in [9.17, 15) is 5.11 Å². The molecule has 0 heterocycles. The Labute approximate surface area is 183 Å². The zero-order valence-electron chi connectivity index (χ0n) is 19.5. The minimum atomic E-state index is 0.353. The molecular formula is C27H41NO2. The Balaban J connectivity index is 1.44. The number of hydrogen-bond acceptors (Lipinski definition) is 3. The first-order valence-corrected chi connectivity index (χ1v) is 12.3. The number of benzene rings is 1. The van der Waals surface area contributed by atoms with Gasteiger partial charge in [-0.05, 0) is 97.5 Å². The third-order valence-corrected chi connectivity index (χ3v) is 8.80. The van der Waals surface area contributed by atoms with Crippen LogP contribution >= 0.6 is 0 Å². The lowest BCUT2D eigenvalue weighted by Gasteiger charge is -2.52. The highest BCUT2D eigenvalue weighted by Gasteiger charge is 2.54. The quantitative estimate of drug-likeness (QED) is 0.456. The maximum absolute atomic E-state index is 9.95. The van der Waals surface area contributed by atoms with Gasteiger partial charge in [0.1, 0.15) is 5.75 Å². The van der Waals surface area contributed by atoms with Crippen LogP contribution in [0.2, 0.25) is 0 Å². The van der Waals surface area contributed by atoms with Crippen molar-refractivity contribution in [3.63, 3.8) is 0 Å². The van der Waals surface area contributed by atoms with Gasteiger partial charge in [0.2, 0.25) is 0 Å². The van der Waals surface area contributed by atoms with Gasteiger partial charge in [-0.3, -0.25) is 0 Å². The van der Waals surface area contributed by atoms with E-state index in [2.05, 4.69) is 44.7 Å². The molecule has 0 spiro atoms. The minimum absolute atomic E-state index is 0.353. The molecule has 2 fully saturated rings. The SMILES string of the molecule is CCN(CC)CCOC/C=C1\CCC2C3C(C)Cc4cc(O)ccc4C3CCC12C. The van der Waals surface area contributed by atoms with E-state index in [0.717, 1.165) is 51.1 Å². The highest BCUT2D eigenvalue weighted by atomic mass is 16.5. The van der Waals surface area contributed by atoms with Gasteiger partial charge in [0.05, 0.1) is 13.2 Å². The fourth-order valence-corrected chi connectivity index (χ4v) is 7.13. The fraction of sp³-hybridized carbons (Fsp3) is 0.704. The monoisotopic (exact) mass is 411 g/mol. The van der Waals surface area contributed by atoms with Crippen LogP contribution in [0.5, 0.6) is 5.75 Å². The molecule has 0 saturated heterocycles. The zero-order chi connectivity index (χ0) is 21.3. The van der Waals surface area contributed by atoms with Crippen LogP contribution in [0.1, 0.15) is 70.4 Å². The third kappa shape index (κ3) is 3.96. The number of rotatable bonds is 7. The van der Waals surface area contributed by atoms with Crippen LogP contribution in [-0.2, 0) is 11.2 Å². The van der Waals surface area contributed by atoms with Crippen LogP contribution in [0.4, 0.5) is 0 Å². The Morgan fingerprint density at radius 1 is 1.23 bits per heavy atom. The van der Waals surface area contributed by atoms with Crippen molar-refractivity contribution in [1.29, 1.82) is 0 Å². The summed E-state index contributed by atoms with van der Waals surface area (Å²) in [4.78, 5) is 2.42.